The van der Waals surface area contributed by atoms with Gasteiger partial charge in [-0.2, -0.15) is 5.48 Å². The van der Waals surface area contributed by atoms with Crippen molar-refractivity contribution >= 4 is 15.9 Å². The van der Waals surface area contributed by atoms with Crippen LogP contribution in [0, 0.1) is 0 Å². The van der Waals surface area contributed by atoms with E-state index in [1.165, 1.54) is 0 Å². The Morgan fingerprint density at radius 3 is 2.43 bits per heavy atom. The molecule has 0 aliphatic rings. The summed E-state index contributed by atoms with van der Waals surface area (Å²) in [6, 6.07) is 17.6. The lowest BCUT2D eigenvalue weighted by atomic mass is 10.2. The van der Waals surface area contributed by atoms with E-state index < -0.39 is 0 Å². The van der Waals surface area contributed by atoms with Crippen molar-refractivity contribution < 1.29 is 9.57 Å². The van der Waals surface area contributed by atoms with Gasteiger partial charge in [-0.25, -0.2) is 0 Å². The molecular weight excluding hydrogens is 332 g/mol. The average Bonchev–Trinajstić information content (AvgIpc) is 2.53. The number of nitrogens with one attached hydrogen (secondary N) is 1. The second-order valence-electron chi connectivity index (χ2n) is 4.59. The summed E-state index contributed by atoms with van der Waals surface area (Å²) in [5.74, 6) is 0.807. The number of rotatable bonds is 8. The molecule has 0 heterocycles. The third-order valence-corrected chi connectivity index (χ3v) is 3.41. The predicted octanol–water partition coefficient (Wildman–Crippen LogP) is 2.88. The van der Waals surface area contributed by atoms with Crippen molar-refractivity contribution in [3.05, 3.63) is 64.6 Å². The van der Waals surface area contributed by atoms with Gasteiger partial charge in [0.05, 0.1) is 12.6 Å². The summed E-state index contributed by atoms with van der Waals surface area (Å²) in [4.78, 5) is 5.46. The Morgan fingerprint density at radius 2 is 1.76 bits per heavy atom. The van der Waals surface area contributed by atoms with Crippen LogP contribution in [0.4, 0.5) is 0 Å². The van der Waals surface area contributed by atoms with Crippen LogP contribution in [0.15, 0.2) is 59.1 Å². The van der Waals surface area contributed by atoms with Crippen molar-refractivity contribution in [3.63, 3.8) is 0 Å². The highest BCUT2D eigenvalue weighted by atomic mass is 79.9. The minimum Gasteiger partial charge on any atom is -0.492 e. The predicted molar refractivity (Wildman–Crippen MR) is 86.8 cm³/mol. The monoisotopic (exact) mass is 350 g/mol. The largest absolute Gasteiger partial charge is 0.492 e. The minimum atomic E-state index is -0.0580. The lowest BCUT2D eigenvalue weighted by molar-refractivity contribution is -0.00462. The fourth-order valence-electron chi connectivity index (χ4n) is 1.69. The van der Waals surface area contributed by atoms with Crippen LogP contribution in [0.5, 0.6) is 5.75 Å². The quantitative estimate of drug-likeness (QED) is 0.718. The zero-order chi connectivity index (χ0) is 14.9. The summed E-state index contributed by atoms with van der Waals surface area (Å²) in [5.41, 5.74) is 9.76. The maximum Gasteiger partial charge on any atom is 0.119 e. The van der Waals surface area contributed by atoms with Gasteiger partial charge in [0.2, 0.25) is 0 Å². The molecule has 0 saturated carbocycles. The molecule has 21 heavy (non-hydrogen) atoms. The third kappa shape index (κ3) is 5.85. The average molecular weight is 351 g/mol. The van der Waals surface area contributed by atoms with Crippen LogP contribution in [0.3, 0.4) is 0 Å². The van der Waals surface area contributed by atoms with E-state index in [1.807, 2.05) is 54.6 Å². The van der Waals surface area contributed by atoms with Gasteiger partial charge in [-0.3, -0.25) is 4.84 Å². The lowest BCUT2D eigenvalue weighted by Crippen LogP contribution is -2.40. The molecule has 0 bridgehead atoms. The van der Waals surface area contributed by atoms with Crippen molar-refractivity contribution in [3.8, 4) is 5.75 Å². The molecule has 5 heteroatoms. The number of halogens is 1. The SMILES string of the molecule is NC[C@H](COc1ccc(Br)cc1)NOCc1ccccc1. The summed E-state index contributed by atoms with van der Waals surface area (Å²) >= 11 is 3.39. The normalized spacial score (nSPS) is 12.1. The second kappa shape index (κ2) is 8.79. The minimum absolute atomic E-state index is 0.0580. The van der Waals surface area contributed by atoms with Crippen molar-refractivity contribution in [1.82, 2.24) is 5.48 Å². The Labute approximate surface area is 133 Å². The zero-order valence-electron chi connectivity index (χ0n) is 11.7. The van der Waals surface area contributed by atoms with E-state index in [9.17, 15) is 0 Å². The number of benzene rings is 2. The van der Waals surface area contributed by atoms with E-state index >= 15 is 0 Å². The number of hydrogen-bond donors (Lipinski definition) is 2. The van der Waals surface area contributed by atoms with Crippen LogP contribution in [0.25, 0.3) is 0 Å². The molecule has 2 aromatic carbocycles. The highest BCUT2D eigenvalue weighted by Crippen LogP contribution is 2.16. The Balaban J connectivity index is 1.71. The van der Waals surface area contributed by atoms with Crippen molar-refractivity contribution in [2.75, 3.05) is 13.2 Å². The molecule has 0 unspecified atom stereocenters. The number of ether oxygens (including phenoxy) is 1. The first-order valence-electron chi connectivity index (χ1n) is 6.77. The molecule has 2 aromatic rings. The molecule has 0 amide bonds. The Morgan fingerprint density at radius 1 is 1.05 bits per heavy atom. The molecular formula is C16H19BrN2O2. The first-order valence-corrected chi connectivity index (χ1v) is 7.57. The summed E-state index contributed by atoms with van der Waals surface area (Å²) < 4.78 is 6.70. The van der Waals surface area contributed by atoms with Crippen LogP contribution in [0.2, 0.25) is 0 Å². The molecule has 0 aliphatic carbocycles. The van der Waals surface area contributed by atoms with Crippen LogP contribution >= 0.6 is 15.9 Å². The van der Waals surface area contributed by atoms with E-state index in [0.717, 1.165) is 15.8 Å². The Bertz CT molecular complexity index is 520. The maximum absolute atomic E-state index is 5.71. The van der Waals surface area contributed by atoms with Crippen LogP contribution in [-0.4, -0.2) is 19.2 Å². The van der Waals surface area contributed by atoms with Crippen LogP contribution < -0.4 is 16.0 Å². The summed E-state index contributed by atoms with van der Waals surface area (Å²) in [6.45, 7) is 1.38. The van der Waals surface area contributed by atoms with Gasteiger partial charge >= 0.3 is 0 Å². The third-order valence-electron chi connectivity index (χ3n) is 2.88. The fraction of sp³-hybridized carbons (Fsp3) is 0.250. The number of hydroxylamine groups is 1. The molecule has 0 radical (unpaired) electrons. The van der Waals surface area contributed by atoms with Gasteiger partial charge in [-0.15, -0.1) is 0 Å². The molecule has 0 spiro atoms. The smallest absolute Gasteiger partial charge is 0.119 e. The highest BCUT2D eigenvalue weighted by Gasteiger charge is 2.07. The molecule has 0 fully saturated rings. The van der Waals surface area contributed by atoms with E-state index in [0.29, 0.717) is 19.8 Å². The molecule has 3 N–H and O–H groups in total. The summed E-state index contributed by atoms with van der Waals surface area (Å²) in [5, 5.41) is 0. The Hall–Kier alpha value is -1.40. The van der Waals surface area contributed by atoms with Gasteiger partial charge in [0.1, 0.15) is 12.4 Å². The van der Waals surface area contributed by atoms with E-state index in [-0.39, 0.29) is 6.04 Å². The first-order chi connectivity index (χ1) is 10.3. The maximum atomic E-state index is 5.71. The first kappa shape index (κ1) is 16.0. The van der Waals surface area contributed by atoms with Gasteiger partial charge in [0, 0.05) is 11.0 Å². The molecule has 1 atom stereocenters. The Kier molecular flexibility index (Phi) is 6.69. The van der Waals surface area contributed by atoms with Gasteiger partial charge in [-0.05, 0) is 29.8 Å². The number of nitrogens with two attached hydrogens (primary N) is 1. The zero-order valence-corrected chi connectivity index (χ0v) is 13.3. The lowest BCUT2D eigenvalue weighted by Gasteiger charge is -2.17. The van der Waals surface area contributed by atoms with Gasteiger partial charge in [-0.1, -0.05) is 46.3 Å². The van der Waals surface area contributed by atoms with Gasteiger partial charge in [0.25, 0.3) is 0 Å². The molecule has 4 nitrogen and oxygen atoms in total. The van der Waals surface area contributed by atoms with E-state index in [1.54, 1.807) is 0 Å². The van der Waals surface area contributed by atoms with Crippen LogP contribution in [0.1, 0.15) is 5.56 Å². The van der Waals surface area contributed by atoms with E-state index in [2.05, 4.69) is 21.4 Å². The molecule has 2 rings (SSSR count). The summed E-state index contributed by atoms with van der Waals surface area (Å²) in [6.07, 6.45) is 0. The summed E-state index contributed by atoms with van der Waals surface area (Å²) in [7, 11) is 0. The topological polar surface area (TPSA) is 56.5 Å². The fourth-order valence-corrected chi connectivity index (χ4v) is 1.96. The standard InChI is InChI=1S/C16H19BrN2O2/c17-14-6-8-16(9-7-14)20-12-15(10-18)19-21-11-13-4-2-1-3-5-13/h1-9,15,19H,10-12,18H2/t15-/m1/s1. The molecule has 0 saturated heterocycles. The molecule has 0 aromatic heterocycles. The second-order valence-corrected chi connectivity index (χ2v) is 5.51. The van der Waals surface area contributed by atoms with Crippen LogP contribution in [-0.2, 0) is 11.4 Å². The van der Waals surface area contributed by atoms with E-state index in [4.69, 9.17) is 15.3 Å². The van der Waals surface area contributed by atoms with Crippen molar-refractivity contribution in [1.29, 1.82) is 0 Å². The van der Waals surface area contributed by atoms with Gasteiger partial charge in [0.15, 0.2) is 0 Å². The number of hydrogen-bond acceptors (Lipinski definition) is 4. The van der Waals surface area contributed by atoms with Gasteiger partial charge < -0.3 is 10.5 Å². The van der Waals surface area contributed by atoms with Crippen molar-refractivity contribution in [2.24, 2.45) is 5.73 Å². The molecule has 0 aliphatic heterocycles. The van der Waals surface area contributed by atoms with Crippen molar-refractivity contribution in [2.45, 2.75) is 12.6 Å². The highest BCUT2D eigenvalue weighted by molar-refractivity contribution is 9.10. The molecule has 112 valence electrons.